The van der Waals surface area contributed by atoms with Crippen LogP contribution in [0, 0.1) is 0 Å². The Kier molecular flexibility index (Phi) is 6.25. The van der Waals surface area contributed by atoms with Gasteiger partial charge in [-0.15, -0.1) is 0 Å². The topological polar surface area (TPSA) is 91.7 Å². The summed E-state index contributed by atoms with van der Waals surface area (Å²) in [6.07, 6.45) is 3.72. The molecule has 0 saturated carbocycles. The van der Waals surface area contributed by atoms with Crippen molar-refractivity contribution in [3.8, 4) is 0 Å². The molecule has 0 spiro atoms. The van der Waals surface area contributed by atoms with Crippen LogP contribution in [0.15, 0.2) is 53.1 Å². The molecule has 3 rings (SSSR count). The van der Waals surface area contributed by atoms with Crippen LogP contribution >= 0.6 is 0 Å². The fourth-order valence-corrected chi connectivity index (χ4v) is 3.01. The molecule has 1 atom stereocenters. The number of aryl methyl sites for hydroxylation is 1. The summed E-state index contributed by atoms with van der Waals surface area (Å²) >= 11 is 0. The molecule has 1 aromatic heterocycles. The Morgan fingerprint density at radius 2 is 1.96 bits per heavy atom. The second-order valence-electron chi connectivity index (χ2n) is 6.48. The van der Waals surface area contributed by atoms with E-state index in [0.29, 0.717) is 12.3 Å². The summed E-state index contributed by atoms with van der Waals surface area (Å²) in [4.78, 5) is 37.4. The SMILES string of the molecule is O=C(CCC1NC(=O)N(Cc2ccco2)C1=O)NCCCc1ccccc1. The van der Waals surface area contributed by atoms with Gasteiger partial charge in [0, 0.05) is 13.0 Å². The molecule has 27 heavy (non-hydrogen) atoms. The third kappa shape index (κ3) is 5.20. The Labute approximate surface area is 157 Å². The van der Waals surface area contributed by atoms with Gasteiger partial charge in [-0.3, -0.25) is 14.5 Å². The number of nitrogens with zero attached hydrogens (tertiary/aromatic N) is 1. The first-order chi connectivity index (χ1) is 13.1. The van der Waals surface area contributed by atoms with Crippen molar-refractivity contribution in [1.29, 1.82) is 0 Å². The van der Waals surface area contributed by atoms with E-state index >= 15 is 0 Å². The number of carbonyl (C=O) groups is 3. The molecule has 1 unspecified atom stereocenters. The second kappa shape index (κ2) is 9.02. The smallest absolute Gasteiger partial charge is 0.325 e. The van der Waals surface area contributed by atoms with Gasteiger partial charge in [0.1, 0.15) is 11.8 Å². The number of urea groups is 1. The third-order valence-corrected chi connectivity index (χ3v) is 4.47. The van der Waals surface area contributed by atoms with Crippen molar-refractivity contribution >= 4 is 17.8 Å². The molecule has 2 N–H and O–H groups in total. The van der Waals surface area contributed by atoms with Gasteiger partial charge in [-0.25, -0.2) is 4.79 Å². The maximum atomic E-state index is 12.3. The van der Waals surface area contributed by atoms with E-state index in [1.54, 1.807) is 12.1 Å². The lowest BCUT2D eigenvalue weighted by Crippen LogP contribution is -2.32. The number of furan rings is 1. The maximum Gasteiger partial charge on any atom is 0.325 e. The minimum Gasteiger partial charge on any atom is -0.467 e. The van der Waals surface area contributed by atoms with Gasteiger partial charge in [-0.1, -0.05) is 30.3 Å². The van der Waals surface area contributed by atoms with Crippen LogP contribution in [0.1, 0.15) is 30.6 Å². The van der Waals surface area contributed by atoms with Crippen LogP contribution in [0.4, 0.5) is 4.79 Å². The van der Waals surface area contributed by atoms with Gasteiger partial charge in [0.2, 0.25) is 5.91 Å². The summed E-state index contributed by atoms with van der Waals surface area (Å²) < 4.78 is 5.17. The van der Waals surface area contributed by atoms with E-state index in [0.717, 1.165) is 17.7 Å². The van der Waals surface area contributed by atoms with E-state index in [2.05, 4.69) is 22.8 Å². The summed E-state index contributed by atoms with van der Waals surface area (Å²) in [7, 11) is 0. The Morgan fingerprint density at radius 3 is 2.70 bits per heavy atom. The largest absolute Gasteiger partial charge is 0.467 e. The minimum atomic E-state index is -0.664. The minimum absolute atomic E-state index is 0.0971. The van der Waals surface area contributed by atoms with Crippen molar-refractivity contribution in [1.82, 2.24) is 15.5 Å². The zero-order chi connectivity index (χ0) is 19.1. The Bertz CT molecular complexity index is 774. The van der Waals surface area contributed by atoms with E-state index in [1.165, 1.54) is 11.8 Å². The van der Waals surface area contributed by atoms with Crippen LogP contribution in [0.3, 0.4) is 0 Å². The number of nitrogens with one attached hydrogen (secondary N) is 2. The average Bonchev–Trinajstić information content (AvgIpc) is 3.28. The Morgan fingerprint density at radius 1 is 1.15 bits per heavy atom. The number of hydrogen-bond acceptors (Lipinski definition) is 4. The molecule has 2 aromatic rings. The monoisotopic (exact) mass is 369 g/mol. The molecule has 7 nitrogen and oxygen atoms in total. The van der Waals surface area contributed by atoms with Crippen molar-refractivity contribution in [3.63, 3.8) is 0 Å². The van der Waals surface area contributed by atoms with E-state index in [9.17, 15) is 14.4 Å². The molecule has 1 aliphatic heterocycles. The predicted molar refractivity (Wildman–Crippen MR) is 98.6 cm³/mol. The highest BCUT2D eigenvalue weighted by atomic mass is 16.3. The molecule has 142 valence electrons. The molecule has 1 aliphatic rings. The van der Waals surface area contributed by atoms with E-state index in [4.69, 9.17) is 4.42 Å². The van der Waals surface area contributed by atoms with Crippen molar-refractivity contribution < 1.29 is 18.8 Å². The molecule has 0 bridgehead atoms. The lowest BCUT2D eigenvalue weighted by atomic mass is 10.1. The molecule has 2 heterocycles. The van der Waals surface area contributed by atoms with Crippen LogP contribution in [0.2, 0.25) is 0 Å². The summed E-state index contributed by atoms with van der Waals surface area (Å²) in [6, 6.07) is 12.4. The lowest BCUT2D eigenvalue weighted by molar-refractivity contribution is -0.128. The van der Waals surface area contributed by atoms with Crippen molar-refractivity contribution in [3.05, 3.63) is 60.1 Å². The quantitative estimate of drug-likeness (QED) is 0.524. The van der Waals surface area contributed by atoms with Gasteiger partial charge in [-0.2, -0.15) is 0 Å². The van der Waals surface area contributed by atoms with Crippen LogP contribution in [-0.2, 0) is 22.6 Å². The maximum absolute atomic E-state index is 12.3. The Hall–Kier alpha value is -3.09. The molecular weight excluding hydrogens is 346 g/mol. The van der Waals surface area contributed by atoms with Gasteiger partial charge in [-0.05, 0) is 37.0 Å². The number of hydrogen-bond donors (Lipinski definition) is 2. The van der Waals surface area contributed by atoms with Gasteiger partial charge < -0.3 is 15.1 Å². The summed E-state index contributed by atoms with van der Waals surface area (Å²) in [5.74, 6) is 0.0955. The molecule has 0 aliphatic carbocycles. The summed E-state index contributed by atoms with van der Waals surface area (Å²) in [6.45, 7) is 0.684. The average molecular weight is 369 g/mol. The first kappa shape index (κ1) is 18.7. The van der Waals surface area contributed by atoms with Gasteiger partial charge >= 0.3 is 6.03 Å². The number of carbonyl (C=O) groups excluding carboxylic acids is 3. The highest BCUT2D eigenvalue weighted by Gasteiger charge is 2.38. The van der Waals surface area contributed by atoms with Crippen LogP contribution < -0.4 is 10.6 Å². The van der Waals surface area contributed by atoms with Crippen LogP contribution in [0.5, 0.6) is 0 Å². The summed E-state index contributed by atoms with van der Waals surface area (Å²) in [5, 5.41) is 5.49. The van der Waals surface area contributed by atoms with E-state index in [1.807, 2.05) is 18.2 Å². The van der Waals surface area contributed by atoms with E-state index < -0.39 is 12.1 Å². The number of amides is 4. The fraction of sp³-hybridized carbons (Fsp3) is 0.350. The van der Waals surface area contributed by atoms with Crippen molar-refractivity contribution in [2.75, 3.05) is 6.54 Å². The molecule has 7 heteroatoms. The highest BCUT2D eigenvalue weighted by molar-refractivity contribution is 6.04. The first-order valence-corrected chi connectivity index (χ1v) is 9.08. The molecule has 4 amide bonds. The predicted octanol–water partition coefficient (Wildman–Crippen LogP) is 2.23. The standard InChI is InChI=1S/C20H23N3O4/c24-18(21-12-4-8-15-6-2-1-3-7-15)11-10-17-19(25)23(20(26)22-17)14-16-9-5-13-27-16/h1-3,5-7,9,13,17H,4,8,10-12,14H2,(H,21,24)(H,22,26). The van der Waals surface area contributed by atoms with E-state index in [-0.39, 0.29) is 31.2 Å². The molecule has 0 radical (unpaired) electrons. The molecular formula is C20H23N3O4. The van der Waals surface area contributed by atoms with Crippen LogP contribution in [-0.4, -0.2) is 35.3 Å². The van der Waals surface area contributed by atoms with Gasteiger partial charge in [0.25, 0.3) is 5.91 Å². The molecule has 1 saturated heterocycles. The highest BCUT2D eigenvalue weighted by Crippen LogP contribution is 2.15. The second-order valence-corrected chi connectivity index (χ2v) is 6.48. The zero-order valence-electron chi connectivity index (χ0n) is 15.0. The van der Waals surface area contributed by atoms with Crippen LogP contribution in [0.25, 0.3) is 0 Å². The Balaban J connectivity index is 1.36. The molecule has 1 aromatic carbocycles. The van der Waals surface area contributed by atoms with Crippen molar-refractivity contribution in [2.45, 2.75) is 38.3 Å². The lowest BCUT2D eigenvalue weighted by Gasteiger charge is -2.11. The van der Waals surface area contributed by atoms with Gasteiger partial charge in [0.05, 0.1) is 12.8 Å². The van der Waals surface area contributed by atoms with Gasteiger partial charge in [0.15, 0.2) is 0 Å². The number of rotatable bonds is 9. The number of imide groups is 1. The number of benzene rings is 1. The normalized spacial score (nSPS) is 16.4. The van der Waals surface area contributed by atoms with Crippen molar-refractivity contribution in [2.24, 2.45) is 0 Å². The third-order valence-electron chi connectivity index (χ3n) is 4.47. The molecule has 1 fully saturated rings. The first-order valence-electron chi connectivity index (χ1n) is 9.08. The zero-order valence-corrected chi connectivity index (χ0v) is 15.0. The fourth-order valence-electron chi connectivity index (χ4n) is 3.01. The summed E-state index contributed by atoms with van der Waals surface area (Å²) in [5.41, 5.74) is 1.24.